The zero-order chi connectivity index (χ0) is 27.2. The standard InChI is InChI=1S/C26H24Cl2F3N3O2S/c1-15(2)23(32-22-12-7-18(13-21(22)28)26(29,30)31)25(36)34-33-24(35)17-5-3-16(4-6-17)14-37-20-10-8-19(27)9-11-20/h3-13,15,23,32H,14H2,1-2H3,(H,33,35)(H,34,36)/t23-/m0/s1. The zero-order valence-corrected chi connectivity index (χ0v) is 22.2. The lowest BCUT2D eigenvalue weighted by Crippen LogP contribution is -2.50. The maximum absolute atomic E-state index is 12.9. The molecule has 0 saturated carbocycles. The fourth-order valence-corrected chi connectivity index (χ4v) is 4.44. The molecule has 0 unspecified atom stereocenters. The first-order valence-corrected chi connectivity index (χ1v) is 12.9. The molecule has 5 nitrogen and oxygen atoms in total. The molecule has 0 aromatic heterocycles. The van der Waals surface area contributed by atoms with Crippen LogP contribution in [-0.4, -0.2) is 17.9 Å². The first kappa shape index (κ1) is 28.7. The van der Waals surface area contributed by atoms with Crippen molar-refractivity contribution in [2.24, 2.45) is 5.92 Å². The van der Waals surface area contributed by atoms with Crippen LogP contribution in [0.25, 0.3) is 0 Å². The fraction of sp³-hybridized carbons (Fsp3) is 0.231. The quantitative estimate of drug-likeness (QED) is 0.198. The molecule has 0 heterocycles. The second-order valence-corrected chi connectivity index (χ2v) is 10.3. The molecule has 0 aliphatic carbocycles. The van der Waals surface area contributed by atoms with Gasteiger partial charge < -0.3 is 5.32 Å². The largest absolute Gasteiger partial charge is 0.416 e. The van der Waals surface area contributed by atoms with Crippen molar-refractivity contribution in [3.8, 4) is 0 Å². The van der Waals surface area contributed by atoms with Crippen molar-refractivity contribution in [2.45, 2.75) is 36.7 Å². The average molecular weight is 570 g/mol. The zero-order valence-electron chi connectivity index (χ0n) is 19.8. The summed E-state index contributed by atoms with van der Waals surface area (Å²) in [5.41, 5.74) is 5.37. The fourth-order valence-electron chi connectivity index (χ4n) is 3.23. The number of anilines is 1. The highest BCUT2D eigenvalue weighted by Gasteiger charge is 2.31. The number of nitrogens with one attached hydrogen (secondary N) is 3. The minimum absolute atomic E-state index is 0.168. The van der Waals surface area contributed by atoms with Crippen LogP contribution in [0, 0.1) is 5.92 Å². The van der Waals surface area contributed by atoms with Gasteiger partial charge in [0.15, 0.2) is 0 Å². The van der Waals surface area contributed by atoms with E-state index >= 15 is 0 Å². The van der Waals surface area contributed by atoms with Crippen molar-refractivity contribution >= 4 is 52.5 Å². The molecule has 0 spiro atoms. The molecule has 37 heavy (non-hydrogen) atoms. The van der Waals surface area contributed by atoms with E-state index in [0.29, 0.717) is 16.3 Å². The van der Waals surface area contributed by atoms with Crippen LogP contribution in [0.4, 0.5) is 18.9 Å². The van der Waals surface area contributed by atoms with Gasteiger partial charge in [-0.2, -0.15) is 13.2 Å². The van der Waals surface area contributed by atoms with E-state index in [4.69, 9.17) is 23.2 Å². The Hall–Kier alpha value is -2.88. The number of hydrogen-bond donors (Lipinski definition) is 3. The lowest BCUT2D eigenvalue weighted by atomic mass is 10.0. The third kappa shape index (κ3) is 8.31. The number of hydrogen-bond acceptors (Lipinski definition) is 4. The normalized spacial score (nSPS) is 12.2. The van der Waals surface area contributed by atoms with Crippen LogP contribution in [0.3, 0.4) is 0 Å². The van der Waals surface area contributed by atoms with Gasteiger partial charge >= 0.3 is 6.18 Å². The van der Waals surface area contributed by atoms with Crippen LogP contribution in [0.2, 0.25) is 10.0 Å². The van der Waals surface area contributed by atoms with Gasteiger partial charge in [-0.1, -0.05) is 49.2 Å². The van der Waals surface area contributed by atoms with Crippen molar-refractivity contribution in [3.63, 3.8) is 0 Å². The molecule has 3 rings (SSSR count). The van der Waals surface area contributed by atoms with E-state index in [1.54, 1.807) is 37.7 Å². The predicted octanol–water partition coefficient (Wildman–Crippen LogP) is 7.20. The van der Waals surface area contributed by atoms with Crippen molar-refractivity contribution in [1.82, 2.24) is 10.9 Å². The highest BCUT2D eigenvalue weighted by molar-refractivity contribution is 7.98. The molecule has 0 radical (unpaired) electrons. The van der Waals surface area contributed by atoms with Gasteiger partial charge in [-0.15, -0.1) is 11.8 Å². The molecule has 3 N–H and O–H groups in total. The third-order valence-corrected chi connectivity index (χ3v) is 6.94. The molecule has 0 fully saturated rings. The van der Waals surface area contributed by atoms with Crippen LogP contribution in [0.1, 0.15) is 35.3 Å². The number of benzene rings is 3. The van der Waals surface area contributed by atoms with Crippen molar-refractivity contribution in [1.29, 1.82) is 0 Å². The van der Waals surface area contributed by atoms with E-state index in [-0.39, 0.29) is 16.6 Å². The van der Waals surface area contributed by atoms with Crippen LogP contribution < -0.4 is 16.2 Å². The topological polar surface area (TPSA) is 70.2 Å². The lowest BCUT2D eigenvalue weighted by molar-refractivity contribution is -0.137. The molecular weight excluding hydrogens is 546 g/mol. The summed E-state index contributed by atoms with van der Waals surface area (Å²) in [6, 6.07) is 16.4. The lowest BCUT2D eigenvalue weighted by Gasteiger charge is -2.23. The molecule has 1 atom stereocenters. The number of hydrazine groups is 1. The third-order valence-electron chi connectivity index (χ3n) is 5.29. The van der Waals surface area contributed by atoms with E-state index in [0.717, 1.165) is 22.6 Å². The van der Waals surface area contributed by atoms with Gasteiger partial charge in [-0.05, 0) is 66.1 Å². The monoisotopic (exact) mass is 569 g/mol. The molecule has 0 saturated heterocycles. The summed E-state index contributed by atoms with van der Waals surface area (Å²) < 4.78 is 38.7. The first-order valence-electron chi connectivity index (χ1n) is 11.1. The molecule has 0 aliphatic heterocycles. The summed E-state index contributed by atoms with van der Waals surface area (Å²) in [6.45, 7) is 3.50. The maximum Gasteiger partial charge on any atom is 0.416 e. The SMILES string of the molecule is CC(C)[C@H](Nc1ccc(C(F)(F)F)cc1Cl)C(=O)NNC(=O)c1ccc(CSc2ccc(Cl)cc2)cc1. The van der Waals surface area contributed by atoms with E-state index < -0.39 is 29.6 Å². The number of rotatable bonds is 8. The van der Waals surface area contributed by atoms with Gasteiger partial charge in [-0.25, -0.2) is 0 Å². The Balaban J connectivity index is 1.55. The Bertz CT molecular complexity index is 1240. The summed E-state index contributed by atoms with van der Waals surface area (Å²) in [5, 5.41) is 3.35. The minimum atomic E-state index is -4.53. The van der Waals surface area contributed by atoms with Crippen LogP contribution in [0.15, 0.2) is 71.6 Å². The molecule has 11 heteroatoms. The van der Waals surface area contributed by atoms with Gasteiger partial charge in [0.1, 0.15) is 6.04 Å². The second-order valence-electron chi connectivity index (χ2n) is 8.44. The molecule has 3 aromatic carbocycles. The average Bonchev–Trinajstić information content (AvgIpc) is 2.85. The number of halogens is 5. The van der Waals surface area contributed by atoms with Crippen LogP contribution in [0.5, 0.6) is 0 Å². The molecule has 196 valence electrons. The smallest absolute Gasteiger partial charge is 0.372 e. The van der Waals surface area contributed by atoms with Crippen molar-refractivity contribution in [3.05, 3.63) is 93.5 Å². The summed E-state index contributed by atoms with van der Waals surface area (Å²) in [5.74, 6) is -0.655. The first-order chi connectivity index (χ1) is 17.4. The summed E-state index contributed by atoms with van der Waals surface area (Å²) in [7, 11) is 0. The number of alkyl halides is 3. The molecule has 2 amide bonds. The van der Waals surface area contributed by atoms with E-state index in [2.05, 4.69) is 16.2 Å². The highest BCUT2D eigenvalue weighted by Crippen LogP contribution is 2.34. The summed E-state index contributed by atoms with van der Waals surface area (Å²) in [6.07, 6.45) is -4.53. The number of amides is 2. The van der Waals surface area contributed by atoms with Gasteiger partial charge in [-0.3, -0.25) is 20.4 Å². The summed E-state index contributed by atoms with van der Waals surface area (Å²) >= 11 is 13.5. The Kier molecular flexibility index (Phi) is 9.75. The van der Waals surface area contributed by atoms with Crippen LogP contribution >= 0.6 is 35.0 Å². The highest BCUT2D eigenvalue weighted by atomic mass is 35.5. The Morgan fingerprint density at radius 2 is 1.57 bits per heavy atom. The molecular formula is C26H24Cl2F3N3O2S. The van der Waals surface area contributed by atoms with E-state index in [9.17, 15) is 22.8 Å². The summed E-state index contributed by atoms with van der Waals surface area (Å²) in [4.78, 5) is 26.3. The predicted molar refractivity (Wildman–Crippen MR) is 142 cm³/mol. The number of carbonyl (C=O) groups excluding carboxylic acids is 2. The Labute approximate surface area is 227 Å². The van der Waals surface area contributed by atoms with E-state index in [1.165, 1.54) is 6.07 Å². The van der Waals surface area contributed by atoms with Gasteiger partial charge in [0.25, 0.3) is 11.8 Å². The van der Waals surface area contributed by atoms with Gasteiger partial charge in [0, 0.05) is 21.2 Å². The minimum Gasteiger partial charge on any atom is -0.372 e. The number of thioether (sulfide) groups is 1. The van der Waals surface area contributed by atoms with Crippen LogP contribution in [-0.2, 0) is 16.7 Å². The Morgan fingerprint density at radius 3 is 2.14 bits per heavy atom. The van der Waals surface area contributed by atoms with E-state index in [1.807, 2.05) is 36.4 Å². The maximum atomic E-state index is 12.9. The second kappa shape index (κ2) is 12.6. The number of carbonyl (C=O) groups is 2. The van der Waals surface area contributed by atoms with Crippen molar-refractivity contribution in [2.75, 3.05) is 5.32 Å². The molecule has 0 bridgehead atoms. The van der Waals surface area contributed by atoms with Crippen molar-refractivity contribution < 1.29 is 22.8 Å². The molecule has 3 aromatic rings. The van der Waals surface area contributed by atoms with Gasteiger partial charge in [0.05, 0.1) is 16.3 Å². The van der Waals surface area contributed by atoms with Gasteiger partial charge in [0.2, 0.25) is 0 Å². The Morgan fingerprint density at radius 1 is 0.919 bits per heavy atom. The molecule has 0 aliphatic rings.